The van der Waals surface area contributed by atoms with Gasteiger partial charge >= 0.3 is 5.97 Å². The Morgan fingerprint density at radius 1 is 1.60 bits per heavy atom. The van der Waals surface area contributed by atoms with E-state index in [1.54, 1.807) is 0 Å². The van der Waals surface area contributed by atoms with E-state index in [9.17, 15) is 9.18 Å². The van der Waals surface area contributed by atoms with E-state index in [1.807, 2.05) is 0 Å². The number of rotatable bonds is 2. The molecule has 0 radical (unpaired) electrons. The Hall–Kier alpha value is -1.36. The molecule has 3 nitrogen and oxygen atoms in total. The van der Waals surface area contributed by atoms with Gasteiger partial charge < -0.3 is 9.84 Å². The average Bonchev–Trinajstić information content (AvgIpc) is 2.21. The normalized spacial score (nSPS) is 11.3. The molecule has 1 rings (SSSR count). The molecule has 0 bridgehead atoms. The summed E-state index contributed by atoms with van der Waals surface area (Å²) in [6, 6.07) is 3.76. The van der Waals surface area contributed by atoms with Crippen molar-refractivity contribution in [3.05, 3.63) is 40.3 Å². The highest BCUT2D eigenvalue weighted by Crippen LogP contribution is 2.25. The van der Waals surface area contributed by atoms with Crippen LogP contribution in [0.1, 0.15) is 5.56 Å². The highest BCUT2D eigenvalue weighted by Gasteiger charge is 2.15. The lowest BCUT2D eigenvalue weighted by Crippen LogP contribution is -2.04. The number of ether oxygens (including phenoxy) is 1. The Morgan fingerprint density at radius 2 is 2.27 bits per heavy atom. The number of aliphatic hydroxyl groups is 1. The minimum absolute atomic E-state index is 0.0376. The second kappa shape index (κ2) is 4.93. The molecule has 0 aromatic heterocycles. The average molecular weight is 275 g/mol. The van der Waals surface area contributed by atoms with Crippen LogP contribution in [-0.4, -0.2) is 18.2 Å². The lowest BCUT2D eigenvalue weighted by atomic mass is 10.1. The number of benzene rings is 1. The van der Waals surface area contributed by atoms with Crippen molar-refractivity contribution in [3.8, 4) is 0 Å². The third-order valence-corrected chi connectivity index (χ3v) is 2.41. The maximum atomic E-state index is 12.8. The van der Waals surface area contributed by atoms with Gasteiger partial charge in [0, 0.05) is 10.0 Å². The number of esters is 1. The number of carbonyl (C=O) groups is 1. The first kappa shape index (κ1) is 11.7. The van der Waals surface area contributed by atoms with E-state index in [4.69, 9.17) is 5.11 Å². The van der Waals surface area contributed by atoms with Gasteiger partial charge in [-0.1, -0.05) is 15.9 Å². The minimum Gasteiger partial charge on any atom is -0.515 e. The quantitative estimate of drug-likeness (QED) is 0.512. The van der Waals surface area contributed by atoms with Gasteiger partial charge in [-0.05, 0) is 18.2 Å². The van der Waals surface area contributed by atoms with Crippen LogP contribution in [0.2, 0.25) is 0 Å². The van der Waals surface area contributed by atoms with Crippen LogP contribution in [0.5, 0.6) is 0 Å². The maximum Gasteiger partial charge on any atom is 0.341 e. The number of hydrogen-bond donors (Lipinski definition) is 1. The van der Waals surface area contributed by atoms with Crippen molar-refractivity contribution >= 4 is 27.5 Å². The molecule has 0 unspecified atom stereocenters. The minimum atomic E-state index is -0.690. The number of hydrogen-bond acceptors (Lipinski definition) is 3. The summed E-state index contributed by atoms with van der Waals surface area (Å²) in [6.45, 7) is 0. The smallest absolute Gasteiger partial charge is 0.341 e. The molecule has 0 aliphatic rings. The Morgan fingerprint density at radius 3 is 2.73 bits per heavy atom. The molecule has 0 spiro atoms. The molecule has 0 fully saturated rings. The summed E-state index contributed by atoms with van der Waals surface area (Å²) in [6.07, 6.45) is 0.629. The zero-order valence-electron chi connectivity index (χ0n) is 7.83. The number of carbonyl (C=O) groups excluding carboxylic acids is 1. The van der Waals surface area contributed by atoms with E-state index >= 15 is 0 Å². The van der Waals surface area contributed by atoms with Crippen molar-refractivity contribution in [2.24, 2.45) is 0 Å². The van der Waals surface area contributed by atoms with E-state index in [-0.39, 0.29) is 5.57 Å². The largest absolute Gasteiger partial charge is 0.515 e. The number of aliphatic hydroxyl groups excluding tert-OH is 1. The van der Waals surface area contributed by atoms with Crippen molar-refractivity contribution < 1.29 is 19.0 Å². The summed E-state index contributed by atoms with van der Waals surface area (Å²) < 4.78 is 17.6. The van der Waals surface area contributed by atoms with Gasteiger partial charge in [0.1, 0.15) is 11.4 Å². The molecule has 0 amide bonds. The first-order valence-electron chi connectivity index (χ1n) is 3.98. The Kier molecular flexibility index (Phi) is 3.85. The molecule has 0 aliphatic heterocycles. The molecular weight excluding hydrogens is 267 g/mol. The Balaban J connectivity index is 3.20. The van der Waals surface area contributed by atoms with Crippen LogP contribution in [0.4, 0.5) is 4.39 Å². The third kappa shape index (κ3) is 2.56. The standard InChI is InChI=1S/C10H8BrFO3/c1-15-10(14)8(5-13)7-3-2-6(12)4-9(7)11/h2-5,13H,1H3/b8-5-. The van der Waals surface area contributed by atoms with Crippen LogP contribution >= 0.6 is 15.9 Å². The van der Waals surface area contributed by atoms with Gasteiger partial charge in [-0.3, -0.25) is 0 Å². The fourth-order valence-corrected chi connectivity index (χ4v) is 1.61. The van der Waals surface area contributed by atoms with E-state index in [2.05, 4.69) is 20.7 Å². The summed E-state index contributed by atoms with van der Waals surface area (Å²) in [5, 5.41) is 8.90. The van der Waals surface area contributed by atoms with Crippen molar-refractivity contribution in [2.75, 3.05) is 7.11 Å². The van der Waals surface area contributed by atoms with Gasteiger partial charge in [-0.25, -0.2) is 9.18 Å². The Labute approximate surface area is 94.3 Å². The predicted octanol–water partition coefficient (Wildman–Crippen LogP) is 2.66. The van der Waals surface area contributed by atoms with Crippen molar-refractivity contribution in [3.63, 3.8) is 0 Å². The second-order valence-electron chi connectivity index (χ2n) is 2.66. The molecule has 15 heavy (non-hydrogen) atoms. The van der Waals surface area contributed by atoms with Crippen LogP contribution in [-0.2, 0) is 9.53 Å². The predicted molar refractivity (Wildman–Crippen MR) is 56.7 cm³/mol. The second-order valence-corrected chi connectivity index (χ2v) is 3.51. The first-order valence-corrected chi connectivity index (χ1v) is 4.77. The maximum absolute atomic E-state index is 12.8. The van der Waals surface area contributed by atoms with Gasteiger partial charge in [0.25, 0.3) is 0 Å². The lowest BCUT2D eigenvalue weighted by molar-refractivity contribution is -0.133. The molecule has 0 saturated carbocycles. The topological polar surface area (TPSA) is 46.5 Å². The first-order chi connectivity index (χ1) is 7.10. The lowest BCUT2D eigenvalue weighted by Gasteiger charge is -2.06. The summed E-state index contributed by atoms with van der Waals surface area (Å²) >= 11 is 3.09. The molecule has 80 valence electrons. The highest BCUT2D eigenvalue weighted by molar-refractivity contribution is 9.10. The molecule has 5 heteroatoms. The molecule has 1 aromatic rings. The fraction of sp³-hybridized carbons (Fsp3) is 0.100. The molecule has 0 saturated heterocycles. The van der Waals surface area contributed by atoms with E-state index in [0.717, 1.165) is 0 Å². The van der Waals surface area contributed by atoms with Crippen LogP contribution in [0.3, 0.4) is 0 Å². The van der Waals surface area contributed by atoms with Gasteiger partial charge in [-0.2, -0.15) is 0 Å². The summed E-state index contributed by atoms with van der Waals surface area (Å²) in [7, 11) is 1.20. The van der Waals surface area contributed by atoms with Gasteiger partial charge in [0.05, 0.1) is 13.4 Å². The summed E-state index contributed by atoms with van der Waals surface area (Å²) in [5.74, 6) is -1.13. The molecule has 0 atom stereocenters. The van der Waals surface area contributed by atoms with E-state index in [1.165, 1.54) is 25.3 Å². The van der Waals surface area contributed by atoms with E-state index < -0.39 is 11.8 Å². The van der Waals surface area contributed by atoms with Crippen molar-refractivity contribution in [1.82, 2.24) is 0 Å². The fourth-order valence-electron chi connectivity index (χ4n) is 1.05. The van der Waals surface area contributed by atoms with E-state index in [0.29, 0.717) is 16.3 Å². The molecule has 0 aliphatic carbocycles. The SMILES string of the molecule is COC(=O)/C(=C\O)c1ccc(F)cc1Br. The van der Waals surface area contributed by atoms with Crippen molar-refractivity contribution in [2.45, 2.75) is 0 Å². The third-order valence-electron chi connectivity index (χ3n) is 1.76. The summed E-state index contributed by atoms with van der Waals surface area (Å²) in [5.41, 5.74) is 0.329. The van der Waals surface area contributed by atoms with Crippen LogP contribution in [0.15, 0.2) is 28.9 Å². The monoisotopic (exact) mass is 274 g/mol. The zero-order valence-corrected chi connectivity index (χ0v) is 9.42. The van der Waals surface area contributed by atoms with Gasteiger partial charge in [0.2, 0.25) is 0 Å². The van der Waals surface area contributed by atoms with Crippen molar-refractivity contribution in [1.29, 1.82) is 0 Å². The van der Waals surface area contributed by atoms with Crippen LogP contribution in [0, 0.1) is 5.82 Å². The van der Waals surface area contributed by atoms with Gasteiger partial charge in [-0.15, -0.1) is 0 Å². The highest BCUT2D eigenvalue weighted by atomic mass is 79.9. The van der Waals surface area contributed by atoms with Crippen LogP contribution < -0.4 is 0 Å². The van der Waals surface area contributed by atoms with Gasteiger partial charge in [0.15, 0.2) is 0 Å². The zero-order chi connectivity index (χ0) is 11.4. The Bertz CT molecular complexity index is 415. The molecule has 1 N–H and O–H groups in total. The van der Waals surface area contributed by atoms with Crippen LogP contribution in [0.25, 0.3) is 5.57 Å². The number of halogens is 2. The summed E-state index contributed by atoms with van der Waals surface area (Å²) in [4.78, 5) is 11.2. The molecular formula is C10H8BrFO3. The molecule has 0 heterocycles. The molecule has 1 aromatic carbocycles. The number of methoxy groups -OCH3 is 1.